The highest BCUT2D eigenvalue weighted by molar-refractivity contribution is 7.92. The van der Waals surface area contributed by atoms with Crippen LogP contribution in [-0.2, 0) is 10.0 Å². The van der Waals surface area contributed by atoms with Gasteiger partial charge >= 0.3 is 0 Å². The number of aromatic nitrogens is 1. The van der Waals surface area contributed by atoms with Crippen molar-refractivity contribution < 1.29 is 23.1 Å². The molecule has 5 aromatic rings. The third-order valence-electron chi connectivity index (χ3n) is 5.55. The Balaban J connectivity index is 1.30. The lowest BCUT2D eigenvalue weighted by molar-refractivity contribution is 0.102. The molecule has 1 heterocycles. The van der Waals surface area contributed by atoms with Gasteiger partial charge in [0.1, 0.15) is 16.5 Å². The van der Waals surface area contributed by atoms with Crippen LogP contribution in [-0.4, -0.2) is 31.5 Å². The standard InChI is InChI=1S/C27H21N3O5S2/c1-35-20-11-13-21(14-12-20)37(33,34)30-18-8-6-17(7-9-18)26(32)28-19-10-15-24(31)22(16-19)27-29-23-4-2-3-5-25(23)36-27/h2-16,30-31H,1H3,(H,28,32). The van der Waals surface area contributed by atoms with Gasteiger partial charge in [0.2, 0.25) is 0 Å². The van der Waals surface area contributed by atoms with E-state index in [4.69, 9.17) is 4.74 Å². The second-order valence-electron chi connectivity index (χ2n) is 8.03. The Morgan fingerprint density at radius 3 is 2.32 bits per heavy atom. The number of carbonyl (C=O) groups excluding carboxylic acids is 1. The molecular formula is C27H21N3O5S2. The highest BCUT2D eigenvalue weighted by Crippen LogP contribution is 2.36. The van der Waals surface area contributed by atoms with Crippen LogP contribution >= 0.6 is 11.3 Å². The van der Waals surface area contributed by atoms with Crippen molar-refractivity contribution in [3.05, 3.63) is 96.6 Å². The fraction of sp³-hybridized carbons (Fsp3) is 0.0370. The predicted octanol–water partition coefficient (Wildman–Crippen LogP) is 5.73. The number of ether oxygens (including phenoxy) is 1. The summed E-state index contributed by atoms with van der Waals surface area (Å²) < 4.78 is 33.8. The fourth-order valence-electron chi connectivity index (χ4n) is 3.63. The van der Waals surface area contributed by atoms with Crippen molar-refractivity contribution in [1.82, 2.24) is 4.98 Å². The van der Waals surface area contributed by atoms with Gasteiger partial charge in [-0.1, -0.05) is 12.1 Å². The molecule has 0 unspecified atom stereocenters. The number of nitrogens with one attached hydrogen (secondary N) is 2. The smallest absolute Gasteiger partial charge is 0.261 e. The van der Waals surface area contributed by atoms with E-state index in [0.717, 1.165) is 10.2 Å². The molecule has 4 aromatic carbocycles. The van der Waals surface area contributed by atoms with Gasteiger partial charge in [0.05, 0.1) is 27.8 Å². The minimum atomic E-state index is -3.80. The van der Waals surface area contributed by atoms with E-state index in [-0.39, 0.29) is 16.6 Å². The number of para-hydroxylation sites is 1. The number of anilines is 2. The Morgan fingerprint density at radius 1 is 0.919 bits per heavy atom. The minimum absolute atomic E-state index is 0.0607. The molecule has 0 saturated carbocycles. The predicted molar refractivity (Wildman–Crippen MR) is 145 cm³/mol. The van der Waals surface area contributed by atoms with Gasteiger partial charge in [-0.15, -0.1) is 11.3 Å². The van der Waals surface area contributed by atoms with Crippen molar-refractivity contribution in [2.75, 3.05) is 17.1 Å². The number of nitrogens with zero attached hydrogens (tertiary/aromatic N) is 1. The number of sulfonamides is 1. The number of methoxy groups -OCH3 is 1. The summed E-state index contributed by atoms with van der Waals surface area (Å²) in [5.41, 5.74) is 2.49. The number of benzene rings is 4. The third-order valence-corrected chi connectivity index (χ3v) is 8.01. The maximum atomic E-state index is 12.8. The average molecular weight is 532 g/mol. The van der Waals surface area contributed by atoms with Gasteiger partial charge in [0.15, 0.2) is 0 Å². The molecule has 0 aliphatic rings. The zero-order valence-corrected chi connectivity index (χ0v) is 21.1. The summed E-state index contributed by atoms with van der Waals surface area (Å²) in [4.78, 5) is 17.5. The molecule has 3 N–H and O–H groups in total. The van der Waals surface area contributed by atoms with Gasteiger partial charge in [-0.25, -0.2) is 13.4 Å². The Hall–Kier alpha value is -4.41. The van der Waals surface area contributed by atoms with Crippen LogP contribution < -0.4 is 14.8 Å². The highest BCUT2D eigenvalue weighted by atomic mass is 32.2. The molecule has 1 amide bonds. The number of aromatic hydroxyl groups is 1. The van der Waals surface area contributed by atoms with Gasteiger partial charge in [-0.05, 0) is 78.9 Å². The summed E-state index contributed by atoms with van der Waals surface area (Å²) in [6.45, 7) is 0. The van der Waals surface area contributed by atoms with Crippen molar-refractivity contribution in [2.45, 2.75) is 4.90 Å². The minimum Gasteiger partial charge on any atom is -0.507 e. The number of phenols is 1. The fourth-order valence-corrected chi connectivity index (χ4v) is 5.68. The van der Waals surface area contributed by atoms with Crippen molar-refractivity contribution in [3.8, 4) is 22.1 Å². The molecule has 0 bridgehead atoms. The normalized spacial score (nSPS) is 11.3. The lowest BCUT2D eigenvalue weighted by Gasteiger charge is -2.10. The van der Waals surface area contributed by atoms with Crippen molar-refractivity contribution in [1.29, 1.82) is 0 Å². The molecule has 0 aliphatic carbocycles. The van der Waals surface area contributed by atoms with Gasteiger partial charge in [-0.3, -0.25) is 9.52 Å². The van der Waals surface area contributed by atoms with Gasteiger partial charge in [0.25, 0.3) is 15.9 Å². The maximum Gasteiger partial charge on any atom is 0.261 e. The Labute approximate surface area is 217 Å². The summed E-state index contributed by atoms with van der Waals surface area (Å²) in [6, 6.07) is 24.6. The van der Waals surface area contributed by atoms with E-state index in [1.807, 2.05) is 24.3 Å². The van der Waals surface area contributed by atoms with E-state index in [0.29, 0.717) is 33.3 Å². The molecule has 5 rings (SSSR count). The molecular weight excluding hydrogens is 510 g/mol. The summed E-state index contributed by atoms with van der Waals surface area (Å²) >= 11 is 1.45. The third kappa shape index (κ3) is 5.25. The molecule has 8 nitrogen and oxygen atoms in total. The molecule has 0 spiro atoms. The van der Waals surface area contributed by atoms with Crippen LogP contribution in [0.4, 0.5) is 11.4 Å². The van der Waals surface area contributed by atoms with Crippen molar-refractivity contribution in [2.24, 2.45) is 0 Å². The zero-order valence-electron chi connectivity index (χ0n) is 19.5. The van der Waals surface area contributed by atoms with E-state index in [1.54, 1.807) is 24.3 Å². The Bertz CT molecular complexity index is 1660. The first kappa shape index (κ1) is 24.3. The molecule has 0 fully saturated rings. The number of carbonyl (C=O) groups is 1. The lowest BCUT2D eigenvalue weighted by atomic mass is 10.1. The van der Waals surface area contributed by atoms with Crippen molar-refractivity contribution in [3.63, 3.8) is 0 Å². The number of thiazole rings is 1. The Kier molecular flexibility index (Phi) is 6.51. The molecule has 0 aliphatic heterocycles. The van der Waals surface area contributed by atoms with Crippen LogP contribution in [0.1, 0.15) is 10.4 Å². The first-order valence-electron chi connectivity index (χ1n) is 11.1. The van der Waals surface area contributed by atoms with Crippen LogP contribution in [0.15, 0.2) is 95.9 Å². The molecule has 37 heavy (non-hydrogen) atoms. The summed E-state index contributed by atoms with van der Waals surface area (Å²) in [6.07, 6.45) is 0. The first-order valence-corrected chi connectivity index (χ1v) is 13.4. The number of phenolic OH excluding ortho intramolecular Hbond substituents is 1. The van der Waals surface area contributed by atoms with Crippen molar-refractivity contribution >= 4 is 48.9 Å². The molecule has 10 heteroatoms. The summed E-state index contributed by atoms with van der Waals surface area (Å²) in [5, 5.41) is 13.8. The molecule has 186 valence electrons. The zero-order chi connectivity index (χ0) is 26.0. The summed E-state index contributed by atoms with van der Waals surface area (Å²) in [7, 11) is -2.30. The highest BCUT2D eigenvalue weighted by Gasteiger charge is 2.16. The lowest BCUT2D eigenvalue weighted by Crippen LogP contribution is -2.14. The van der Waals surface area contributed by atoms with Crippen LogP contribution in [0.5, 0.6) is 11.5 Å². The number of rotatable bonds is 7. The van der Waals surface area contributed by atoms with E-state index in [9.17, 15) is 18.3 Å². The van der Waals surface area contributed by atoms with Crippen LogP contribution in [0.2, 0.25) is 0 Å². The molecule has 0 atom stereocenters. The maximum absolute atomic E-state index is 12.8. The first-order chi connectivity index (χ1) is 17.8. The topological polar surface area (TPSA) is 118 Å². The van der Waals surface area contributed by atoms with Crippen LogP contribution in [0.3, 0.4) is 0 Å². The second-order valence-corrected chi connectivity index (χ2v) is 10.7. The monoisotopic (exact) mass is 531 g/mol. The second kappa shape index (κ2) is 9.92. The number of hydrogen-bond donors (Lipinski definition) is 3. The van der Waals surface area contributed by atoms with Crippen LogP contribution in [0, 0.1) is 0 Å². The number of hydrogen-bond acceptors (Lipinski definition) is 7. The Morgan fingerprint density at radius 2 is 1.62 bits per heavy atom. The SMILES string of the molecule is COc1ccc(S(=O)(=O)Nc2ccc(C(=O)Nc3ccc(O)c(-c4nc5ccccc5s4)c3)cc2)cc1. The average Bonchev–Trinajstić information content (AvgIpc) is 3.34. The van der Waals surface area contributed by atoms with Gasteiger partial charge in [0, 0.05) is 16.9 Å². The van der Waals surface area contributed by atoms with E-state index in [2.05, 4.69) is 15.0 Å². The molecule has 1 aromatic heterocycles. The number of amides is 1. The van der Waals surface area contributed by atoms with E-state index >= 15 is 0 Å². The van der Waals surface area contributed by atoms with Gasteiger partial charge in [-0.2, -0.15) is 0 Å². The van der Waals surface area contributed by atoms with Gasteiger partial charge < -0.3 is 15.2 Å². The quantitative estimate of drug-likeness (QED) is 0.231. The molecule has 0 saturated heterocycles. The summed E-state index contributed by atoms with van der Waals surface area (Å²) in [5.74, 6) is 0.228. The largest absolute Gasteiger partial charge is 0.507 e. The number of fused-ring (bicyclic) bond motifs is 1. The van der Waals surface area contributed by atoms with E-state index < -0.39 is 10.0 Å². The van der Waals surface area contributed by atoms with E-state index in [1.165, 1.54) is 60.9 Å². The molecule has 0 radical (unpaired) electrons. The van der Waals surface area contributed by atoms with Crippen LogP contribution in [0.25, 0.3) is 20.8 Å².